The van der Waals surface area contributed by atoms with Gasteiger partial charge in [0.1, 0.15) is 0 Å². The fraction of sp³-hybridized carbons (Fsp3) is 1.00. The number of hydrogen-bond acceptors (Lipinski definition) is 3. The van der Waals surface area contributed by atoms with E-state index in [0.29, 0.717) is 5.75 Å². The largest absolute Gasteiger partial charge is 0.394 e. The van der Waals surface area contributed by atoms with Crippen LogP contribution >= 0.6 is 25.0 Å². The van der Waals surface area contributed by atoms with Crippen molar-refractivity contribution in [2.24, 2.45) is 0 Å². The molecule has 0 aromatic rings. The minimum absolute atomic E-state index is 0. The van der Waals surface area contributed by atoms with Gasteiger partial charge in [0.2, 0.25) is 0 Å². The lowest BCUT2D eigenvalue weighted by Gasteiger charge is -1.96. The predicted molar refractivity (Wildman–Crippen MR) is 34.2 cm³/mol. The molecule has 0 saturated heterocycles. The van der Waals surface area contributed by atoms with Gasteiger partial charge in [0.15, 0.2) is 0 Å². The van der Waals surface area contributed by atoms with Gasteiger partial charge in [0, 0.05) is 5.75 Å². The van der Waals surface area contributed by atoms with Gasteiger partial charge in [-0.3, -0.25) is 0 Å². The Kier molecular flexibility index (Phi) is 9.86. The molecule has 0 heterocycles. The van der Waals surface area contributed by atoms with Crippen LogP contribution in [0.15, 0.2) is 0 Å². The number of aliphatic hydroxyl groups excluding tert-OH is 2. The van der Waals surface area contributed by atoms with E-state index in [-0.39, 0.29) is 19.0 Å². The molecule has 1 unspecified atom stereocenters. The lowest BCUT2D eigenvalue weighted by molar-refractivity contribution is 0.114. The Morgan fingerprint density at radius 2 is 2.00 bits per heavy atom. The minimum Gasteiger partial charge on any atom is -0.394 e. The monoisotopic (exact) mass is 144 g/mol. The van der Waals surface area contributed by atoms with E-state index in [1.807, 2.05) is 0 Å². The zero-order chi connectivity index (χ0) is 4.99. The Morgan fingerprint density at radius 3 is 2.00 bits per heavy atom. The number of hydrogen-bond donors (Lipinski definition) is 3. The average molecular weight is 145 g/mol. The van der Waals surface area contributed by atoms with E-state index < -0.39 is 6.10 Å². The van der Waals surface area contributed by atoms with E-state index in [0.717, 1.165) is 0 Å². The minimum atomic E-state index is -0.645. The van der Waals surface area contributed by atoms with Gasteiger partial charge in [-0.05, 0) is 0 Å². The second-order valence-electron chi connectivity index (χ2n) is 1.02. The molecule has 0 bridgehead atoms. The molecule has 0 aliphatic rings. The molecular formula is C3H9ClO2S. The van der Waals surface area contributed by atoms with Crippen LogP contribution in [0.1, 0.15) is 0 Å². The molecule has 0 aromatic carbocycles. The maximum Gasteiger partial charge on any atom is 0.0858 e. The summed E-state index contributed by atoms with van der Waals surface area (Å²) in [6, 6.07) is 0. The quantitative estimate of drug-likeness (QED) is 0.466. The zero-order valence-corrected chi connectivity index (χ0v) is 5.45. The second-order valence-corrected chi connectivity index (χ2v) is 1.38. The molecule has 0 amide bonds. The summed E-state index contributed by atoms with van der Waals surface area (Å²) in [4.78, 5) is 0. The highest BCUT2D eigenvalue weighted by atomic mass is 35.5. The van der Waals surface area contributed by atoms with Crippen molar-refractivity contribution in [1.29, 1.82) is 0 Å². The van der Waals surface area contributed by atoms with Crippen LogP contribution in [-0.4, -0.2) is 28.7 Å². The smallest absolute Gasteiger partial charge is 0.0858 e. The summed E-state index contributed by atoms with van der Waals surface area (Å²) in [7, 11) is 0. The number of rotatable bonds is 2. The first-order valence-corrected chi connectivity index (χ1v) is 2.34. The van der Waals surface area contributed by atoms with Gasteiger partial charge in [0.25, 0.3) is 0 Å². The van der Waals surface area contributed by atoms with Crippen molar-refractivity contribution in [2.45, 2.75) is 6.10 Å². The maximum absolute atomic E-state index is 8.34. The van der Waals surface area contributed by atoms with Crippen molar-refractivity contribution < 1.29 is 10.2 Å². The van der Waals surface area contributed by atoms with Crippen LogP contribution in [0.2, 0.25) is 0 Å². The Morgan fingerprint density at radius 1 is 1.57 bits per heavy atom. The van der Waals surface area contributed by atoms with Crippen LogP contribution in [0.3, 0.4) is 0 Å². The molecule has 0 spiro atoms. The highest BCUT2D eigenvalue weighted by Gasteiger charge is 1.92. The third kappa shape index (κ3) is 6.56. The van der Waals surface area contributed by atoms with Crippen molar-refractivity contribution in [3.8, 4) is 0 Å². The summed E-state index contributed by atoms with van der Waals surface area (Å²) in [5, 5.41) is 16.4. The molecule has 2 nitrogen and oxygen atoms in total. The molecular weight excluding hydrogens is 136 g/mol. The Bertz CT molecular complexity index is 32.1. The fourth-order valence-electron chi connectivity index (χ4n) is 0.0577. The molecule has 0 fully saturated rings. The van der Waals surface area contributed by atoms with Crippen molar-refractivity contribution in [2.75, 3.05) is 12.4 Å². The van der Waals surface area contributed by atoms with Crippen LogP contribution in [0.4, 0.5) is 0 Å². The topological polar surface area (TPSA) is 40.5 Å². The summed E-state index contributed by atoms with van der Waals surface area (Å²) in [5.74, 6) is 0.330. The highest BCUT2D eigenvalue weighted by Crippen LogP contribution is 1.81. The molecule has 0 saturated carbocycles. The Balaban J connectivity index is 0. The lowest BCUT2D eigenvalue weighted by Crippen LogP contribution is -2.12. The molecule has 1 atom stereocenters. The van der Waals surface area contributed by atoms with Gasteiger partial charge in [-0.15, -0.1) is 12.4 Å². The zero-order valence-electron chi connectivity index (χ0n) is 3.74. The molecule has 0 aliphatic carbocycles. The summed E-state index contributed by atoms with van der Waals surface area (Å²) in [6.45, 7) is -0.191. The van der Waals surface area contributed by atoms with E-state index in [9.17, 15) is 0 Å². The van der Waals surface area contributed by atoms with Crippen LogP contribution in [-0.2, 0) is 0 Å². The molecule has 2 N–H and O–H groups in total. The first-order chi connectivity index (χ1) is 2.81. The first kappa shape index (κ1) is 10.5. The van der Waals surface area contributed by atoms with Crippen LogP contribution in [0.5, 0.6) is 0 Å². The Labute approximate surface area is 54.4 Å². The van der Waals surface area contributed by atoms with Gasteiger partial charge in [0.05, 0.1) is 12.7 Å². The highest BCUT2D eigenvalue weighted by molar-refractivity contribution is 7.80. The molecule has 46 valence electrons. The maximum atomic E-state index is 8.34. The van der Waals surface area contributed by atoms with E-state index in [1.165, 1.54) is 0 Å². The Hall–Kier alpha value is 0.560. The third-order valence-corrected chi connectivity index (χ3v) is 0.843. The predicted octanol–water partition coefficient (Wildman–Crippen LogP) is -0.309. The van der Waals surface area contributed by atoms with E-state index >= 15 is 0 Å². The van der Waals surface area contributed by atoms with Gasteiger partial charge in [-0.1, -0.05) is 0 Å². The van der Waals surface area contributed by atoms with Gasteiger partial charge in [-0.25, -0.2) is 0 Å². The standard InChI is InChI=1S/C3H8O2S.ClH/c4-1-3(5)2-6;/h3-6H,1-2H2;1H. The van der Waals surface area contributed by atoms with Crippen molar-refractivity contribution in [3.63, 3.8) is 0 Å². The molecule has 7 heavy (non-hydrogen) atoms. The molecule has 4 heteroatoms. The summed E-state index contributed by atoms with van der Waals surface area (Å²) < 4.78 is 0. The fourth-order valence-corrected chi connectivity index (χ4v) is 0.173. The van der Waals surface area contributed by atoms with E-state index in [1.54, 1.807) is 0 Å². The third-order valence-electron chi connectivity index (χ3n) is 0.421. The average Bonchev–Trinajstić information content (AvgIpc) is 1.65. The van der Waals surface area contributed by atoms with Crippen LogP contribution < -0.4 is 0 Å². The van der Waals surface area contributed by atoms with Crippen LogP contribution in [0, 0.1) is 0 Å². The first-order valence-electron chi connectivity index (χ1n) is 1.71. The normalized spacial score (nSPS) is 12.4. The molecule has 0 rings (SSSR count). The number of halogens is 1. The second kappa shape index (κ2) is 6.56. The summed E-state index contributed by atoms with van der Waals surface area (Å²) in [5.41, 5.74) is 0. The lowest BCUT2D eigenvalue weighted by atomic mass is 10.4. The number of aliphatic hydroxyl groups is 2. The summed E-state index contributed by atoms with van der Waals surface area (Å²) in [6.07, 6.45) is -0.645. The van der Waals surface area contributed by atoms with Gasteiger partial charge >= 0.3 is 0 Å². The van der Waals surface area contributed by atoms with E-state index in [4.69, 9.17) is 10.2 Å². The SMILES string of the molecule is Cl.OCC(O)CS. The van der Waals surface area contributed by atoms with Crippen molar-refractivity contribution in [3.05, 3.63) is 0 Å². The van der Waals surface area contributed by atoms with Gasteiger partial charge < -0.3 is 10.2 Å². The van der Waals surface area contributed by atoms with E-state index in [2.05, 4.69) is 12.6 Å². The molecule has 0 aliphatic heterocycles. The van der Waals surface area contributed by atoms with Crippen LogP contribution in [0.25, 0.3) is 0 Å². The number of thiol groups is 1. The van der Waals surface area contributed by atoms with Crippen molar-refractivity contribution in [1.82, 2.24) is 0 Å². The summed E-state index contributed by atoms with van der Waals surface area (Å²) >= 11 is 3.69. The molecule has 0 aromatic heterocycles. The molecule has 0 radical (unpaired) electrons. The van der Waals surface area contributed by atoms with Crippen molar-refractivity contribution >= 4 is 25.0 Å². The van der Waals surface area contributed by atoms with Gasteiger partial charge in [-0.2, -0.15) is 12.6 Å².